The van der Waals surface area contributed by atoms with Crippen LogP contribution in [0.15, 0.2) is 72.0 Å². The Kier molecular flexibility index (Phi) is 8.69. The predicted octanol–water partition coefficient (Wildman–Crippen LogP) is 3.51. The Bertz CT molecular complexity index is 968. The first-order valence-electron chi connectivity index (χ1n) is 11.1. The van der Waals surface area contributed by atoms with Crippen LogP contribution in [0.1, 0.15) is 43.6 Å². The van der Waals surface area contributed by atoms with Crippen molar-refractivity contribution in [1.82, 2.24) is 20.4 Å². The van der Waals surface area contributed by atoms with Crippen molar-refractivity contribution < 1.29 is 9.84 Å². The lowest BCUT2D eigenvalue weighted by molar-refractivity contribution is 0.180. The van der Waals surface area contributed by atoms with E-state index in [9.17, 15) is 5.11 Å². The summed E-state index contributed by atoms with van der Waals surface area (Å²) in [7, 11) is 0. The number of aliphatic hydroxyl groups excluding tert-OH is 1. The molecular formula is C25H33N5O2. The first-order valence-corrected chi connectivity index (χ1v) is 11.1. The topological polar surface area (TPSA) is 83.7 Å². The summed E-state index contributed by atoms with van der Waals surface area (Å²) in [5, 5.41) is 21.4. The van der Waals surface area contributed by atoms with Gasteiger partial charge in [0, 0.05) is 25.5 Å². The van der Waals surface area contributed by atoms with Crippen LogP contribution < -0.4 is 15.4 Å². The second-order valence-electron chi connectivity index (χ2n) is 7.80. The standard InChI is InChI=1S/C25H33N5O2/c1-4-26-25(28-17-24(31)20-10-12-23(13-11-20)32-19(2)3)27-16-21-8-5-6-9-22(21)18-30-15-7-14-29-30/h5-15,19,24,31H,4,16-18H2,1-3H3,(H2,26,27,28). The minimum Gasteiger partial charge on any atom is -0.491 e. The van der Waals surface area contributed by atoms with Gasteiger partial charge in [-0.25, -0.2) is 4.99 Å². The lowest BCUT2D eigenvalue weighted by Crippen LogP contribution is -2.39. The fraction of sp³-hybridized carbons (Fsp3) is 0.360. The Morgan fingerprint density at radius 1 is 1.06 bits per heavy atom. The number of hydrogen-bond acceptors (Lipinski definition) is 4. The highest BCUT2D eigenvalue weighted by atomic mass is 16.5. The van der Waals surface area contributed by atoms with Crippen molar-refractivity contribution in [2.75, 3.05) is 13.1 Å². The van der Waals surface area contributed by atoms with Crippen LogP contribution in [-0.2, 0) is 13.1 Å². The number of rotatable bonds is 10. The molecule has 0 aliphatic heterocycles. The van der Waals surface area contributed by atoms with Crippen LogP contribution in [-0.4, -0.2) is 40.0 Å². The molecule has 0 bridgehead atoms. The molecular weight excluding hydrogens is 402 g/mol. The molecule has 3 rings (SSSR count). The number of ether oxygens (including phenoxy) is 1. The average Bonchev–Trinajstić information content (AvgIpc) is 3.29. The largest absolute Gasteiger partial charge is 0.491 e. The Balaban J connectivity index is 1.60. The monoisotopic (exact) mass is 435 g/mol. The normalized spacial score (nSPS) is 12.6. The molecule has 0 aliphatic rings. The maximum absolute atomic E-state index is 10.6. The van der Waals surface area contributed by atoms with E-state index < -0.39 is 6.10 Å². The van der Waals surface area contributed by atoms with Crippen molar-refractivity contribution in [3.63, 3.8) is 0 Å². The molecule has 1 heterocycles. The van der Waals surface area contributed by atoms with Gasteiger partial charge in [-0.15, -0.1) is 0 Å². The van der Waals surface area contributed by atoms with Crippen LogP contribution in [0.2, 0.25) is 0 Å². The molecule has 2 aromatic carbocycles. The first-order chi connectivity index (χ1) is 15.5. The van der Waals surface area contributed by atoms with Crippen molar-refractivity contribution in [2.24, 2.45) is 4.99 Å². The van der Waals surface area contributed by atoms with E-state index in [1.807, 2.05) is 74.1 Å². The molecule has 0 amide bonds. The second kappa shape index (κ2) is 11.9. The number of aromatic nitrogens is 2. The van der Waals surface area contributed by atoms with Crippen molar-refractivity contribution in [1.29, 1.82) is 0 Å². The lowest BCUT2D eigenvalue weighted by atomic mass is 10.1. The van der Waals surface area contributed by atoms with Crippen LogP contribution in [0.3, 0.4) is 0 Å². The van der Waals surface area contributed by atoms with Gasteiger partial charge in [0.05, 0.1) is 25.3 Å². The maximum Gasteiger partial charge on any atom is 0.191 e. The summed E-state index contributed by atoms with van der Waals surface area (Å²) in [5.41, 5.74) is 3.15. The van der Waals surface area contributed by atoms with Crippen LogP contribution in [0.25, 0.3) is 0 Å². The number of aliphatic imine (C=N–C) groups is 1. The minimum absolute atomic E-state index is 0.121. The second-order valence-corrected chi connectivity index (χ2v) is 7.80. The highest BCUT2D eigenvalue weighted by molar-refractivity contribution is 5.79. The van der Waals surface area contributed by atoms with Gasteiger partial charge < -0.3 is 20.5 Å². The Morgan fingerprint density at radius 3 is 2.47 bits per heavy atom. The van der Waals surface area contributed by atoms with E-state index in [4.69, 9.17) is 9.73 Å². The smallest absolute Gasteiger partial charge is 0.191 e. The van der Waals surface area contributed by atoms with E-state index in [1.54, 1.807) is 6.20 Å². The summed E-state index contributed by atoms with van der Waals surface area (Å²) in [5.74, 6) is 1.47. The molecule has 0 saturated carbocycles. The third-order valence-electron chi connectivity index (χ3n) is 4.86. The van der Waals surface area contributed by atoms with Crippen molar-refractivity contribution in [3.05, 3.63) is 83.7 Å². The van der Waals surface area contributed by atoms with Gasteiger partial charge >= 0.3 is 0 Å². The molecule has 0 radical (unpaired) electrons. The summed E-state index contributed by atoms with van der Waals surface area (Å²) in [4.78, 5) is 4.72. The zero-order chi connectivity index (χ0) is 22.8. The van der Waals surface area contributed by atoms with Gasteiger partial charge in [-0.1, -0.05) is 36.4 Å². The molecule has 0 aliphatic carbocycles. The third kappa shape index (κ3) is 7.13. The first kappa shape index (κ1) is 23.3. The molecule has 3 aromatic rings. The van der Waals surface area contributed by atoms with E-state index in [2.05, 4.69) is 27.9 Å². The van der Waals surface area contributed by atoms with Gasteiger partial charge in [0.1, 0.15) is 5.75 Å². The summed E-state index contributed by atoms with van der Waals surface area (Å²) in [6.07, 6.45) is 3.20. The Hall–Kier alpha value is -3.32. The lowest BCUT2D eigenvalue weighted by Gasteiger charge is -2.17. The van der Waals surface area contributed by atoms with Gasteiger partial charge in [0.25, 0.3) is 0 Å². The van der Waals surface area contributed by atoms with Crippen LogP contribution in [0.5, 0.6) is 5.75 Å². The van der Waals surface area contributed by atoms with Crippen LogP contribution >= 0.6 is 0 Å². The minimum atomic E-state index is -0.654. The molecule has 0 fully saturated rings. The number of nitrogens with zero attached hydrogens (tertiary/aromatic N) is 3. The molecule has 1 atom stereocenters. The highest BCUT2D eigenvalue weighted by Crippen LogP contribution is 2.18. The zero-order valence-corrected chi connectivity index (χ0v) is 19.0. The van der Waals surface area contributed by atoms with Crippen LogP contribution in [0, 0.1) is 0 Å². The van der Waals surface area contributed by atoms with Crippen molar-refractivity contribution in [2.45, 2.75) is 46.1 Å². The number of aliphatic hydroxyl groups is 1. The third-order valence-corrected chi connectivity index (χ3v) is 4.86. The number of nitrogens with one attached hydrogen (secondary N) is 2. The molecule has 1 aromatic heterocycles. The molecule has 3 N–H and O–H groups in total. The molecule has 0 saturated heterocycles. The van der Waals surface area contributed by atoms with E-state index in [-0.39, 0.29) is 6.10 Å². The highest BCUT2D eigenvalue weighted by Gasteiger charge is 2.10. The Labute approximate surface area is 190 Å². The van der Waals surface area contributed by atoms with E-state index in [0.29, 0.717) is 25.6 Å². The fourth-order valence-corrected chi connectivity index (χ4v) is 3.29. The fourth-order valence-electron chi connectivity index (χ4n) is 3.29. The average molecular weight is 436 g/mol. The number of benzene rings is 2. The quantitative estimate of drug-likeness (QED) is 0.335. The van der Waals surface area contributed by atoms with Gasteiger partial charge in [-0.05, 0) is 55.7 Å². The number of hydrogen-bond donors (Lipinski definition) is 3. The number of guanidine groups is 1. The molecule has 7 heteroatoms. The molecule has 0 spiro atoms. The van der Waals surface area contributed by atoms with Crippen LogP contribution in [0.4, 0.5) is 0 Å². The van der Waals surface area contributed by atoms with Crippen molar-refractivity contribution in [3.8, 4) is 5.75 Å². The van der Waals surface area contributed by atoms with E-state index >= 15 is 0 Å². The summed E-state index contributed by atoms with van der Waals surface area (Å²) in [6.45, 7) is 8.33. The molecule has 32 heavy (non-hydrogen) atoms. The van der Waals surface area contributed by atoms with E-state index in [0.717, 1.165) is 23.4 Å². The molecule has 170 valence electrons. The Morgan fingerprint density at radius 2 is 1.81 bits per heavy atom. The molecule has 1 unspecified atom stereocenters. The summed E-state index contributed by atoms with van der Waals surface area (Å²) >= 11 is 0. The molecule has 7 nitrogen and oxygen atoms in total. The SMILES string of the molecule is CCNC(=NCc1ccccc1Cn1cccn1)NCC(O)c1ccc(OC(C)C)cc1. The van der Waals surface area contributed by atoms with Gasteiger partial charge in [-0.3, -0.25) is 4.68 Å². The zero-order valence-electron chi connectivity index (χ0n) is 19.0. The van der Waals surface area contributed by atoms with Crippen molar-refractivity contribution >= 4 is 5.96 Å². The van der Waals surface area contributed by atoms with Gasteiger partial charge in [0.2, 0.25) is 0 Å². The summed E-state index contributed by atoms with van der Waals surface area (Å²) in [6, 6.07) is 17.7. The van der Waals surface area contributed by atoms with Gasteiger partial charge in [-0.2, -0.15) is 5.10 Å². The van der Waals surface area contributed by atoms with Gasteiger partial charge in [0.15, 0.2) is 5.96 Å². The predicted molar refractivity (Wildman–Crippen MR) is 128 cm³/mol. The summed E-state index contributed by atoms with van der Waals surface area (Å²) < 4.78 is 7.57. The van der Waals surface area contributed by atoms with E-state index in [1.165, 1.54) is 5.56 Å². The maximum atomic E-state index is 10.6.